The minimum Gasteiger partial charge on any atom is -0.478 e. The second-order valence-corrected chi connectivity index (χ2v) is 9.83. The third kappa shape index (κ3) is 5.14. The molecule has 0 atom stereocenters. The van der Waals surface area contributed by atoms with E-state index in [1.54, 1.807) is 20.8 Å². The number of aromatic nitrogens is 3. The van der Waals surface area contributed by atoms with E-state index in [1.807, 2.05) is 0 Å². The summed E-state index contributed by atoms with van der Waals surface area (Å²) in [5, 5.41) is 12.1. The molecule has 36 heavy (non-hydrogen) atoms. The number of pyridine rings is 1. The third-order valence-electron chi connectivity index (χ3n) is 6.03. The maximum absolute atomic E-state index is 14.1. The van der Waals surface area contributed by atoms with Crippen LogP contribution in [0.25, 0.3) is 16.7 Å². The van der Waals surface area contributed by atoms with E-state index in [1.165, 1.54) is 24.3 Å². The topological polar surface area (TPSA) is 133 Å². The number of carboxylic acids is 1. The SMILES string of the molecule is CC(C)(C)OC(=O)N[C@H]1CC[C@@H](n2c(=O)c3cc(F)cnc3n(-c3cccc(C(=O)O)c3)c2=O)CC1. The van der Waals surface area contributed by atoms with E-state index in [0.717, 1.165) is 21.4 Å². The predicted molar refractivity (Wildman–Crippen MR) is 129 cm³/mol. The van der Waals surface area contributed by atoms with Crippen LogP contribution in [0.15, 0.2) is 46.1 Å². The van der Waals surface area contributed by atoms with Crippen LogP contribution in [-0.4, -0.2) is 42.9 Å². The number of aromatic carboxylic acids is 1. The number of halogens is 1. The molecule has 0 radical (unpaired) electrons. The molecule has 2 heterocycles. The summed E-state index contributed by atoms with van der Waals surface area (Å²) in [4.78, 5) is 54.6. The zero-order valence-corrected chi connectivity index (χ0v) is 20.2. The Bertz CT molecular complexity index is 1450. The normalized spacial score (nSPS) is 18.1. The van der Waals surface area contributed by atoms with E-state index in [4.69, 9.17) is 4.74 Å². The molecule has 11 heteroatoms. The summed E-state index contributed by atoms with van der Waals surface area (Å²) in [5.74, 6) is -1.92. The smallest absolute Gasteiger partial charge is 0.407 e. The van der Waals surface area contributed by atoms with Gasteiger partial charge in [0.1, 0.15) is 11.4 Å². The Balaban J connectivity index is 1.72. The number of fused-ring (bicyclic) bond motifs is 1. The number of nitrogens with one attached hydrogen (secondary N) is 1. The zero-order valence-electron chi connectivity index (χ0n) is 20.2. The lowest BCUT2D eigenvalue weighted by Crippen LogP contribution is -2.45. The van der Waals surface area contributed by atoms with Crippen LogP contribution in [0.5, 0.6) is 0 Å². The number of carboxylic acid groups (broad SMARTS) is 1. The molecule has 1 saturated carbocycles. The van der Waals surface area contributed by atoms with Crippen molar-refractivity contribution in [1.29, 1.82) is 0 Å². The summed E-state index contributed by atoms with van der Waals surface area (Å²) in [5.41, 5.74) is -1.93. The van der Waals surface area contributed by atoms with E-state index in [-0.39, 0.29) is 28.3 Å². The van der Waals surface area contributed by atoms with Crippen LogP contribution in [0.3, 0.4) is 0 Å². The Kier molecular flexibility index (Phi) is 6.66. The largest absolute Gasteiger partial charge is 0.478 e. The van der Waals surface area contributed by atoms with Crippen LogP contribution < -0.4 is 16.6 Å². The first-order valence-corrected chi connectivity index (χ1v) is 11.6. The van der Waals surface area contributed by atoms with Crippen molar-refractivity contribution in [3.8, 4) is 5.69 Å². The van der Waals surface area contributed by atoms with Crippen LogP contribution >= 0.6 is 0 Å². The highest BCUT2D eigenvalue weighted by atomic mass is 19.1. The van der Waals surface area contributed by atoms with Crippen molar-refractivity contribution in [3.63, 3.8) is 0 Å². The van der Waals surface area contributed by atoms with E-state index in [0.29, 0.717) is 25.7 Å². The van der Waals surface area contributed by atoms with Gasteiger partial charge in [-0.2, -0.15) is 0 Å². The number of carbonyl (C=O) groups excluding carboxylic acids is 1. The first-order valence-electron chi connectivity index (χ1n) is 11.6. The average Bonchev–Trinajstić information content (AvgIpc) is 2.79. The molecule has 190 valence electrons. The first-order chi connectivity index (χ1) is 16.9. The van der Waals surface area contributed by atoms with Gasteiger partial charge in [0.25, 0.3) is 5.56 Å². The van der Waals surface area contributed by atoms with Gasteiger partial charge in [0.2, 0.25) is 0 Å². The van der Waals surface area contributed by atoms with E-state index in [9.17, 15) is 28.7 Å². The van der Waals surface area contributed by atoms with Gasteiger partial charge in [0, 0.05) is 12.1 Å². The third-order valence-corrected chi connectivity index (χ3v) is 6.03. The summed E-state index contributed by atoms with van der Waals surface area (Å²) in [6, 6.07) is 6.02. The Labute approximate surface area is 205 Å². The van der Waals surface area contributed by atoms with Gasteiger partial charge in [-0.15, -0.1) is 0 Å². The van der Waals surface area contributed by atoms with Crippen LogP contribution in [0.1, 0.15) is 62.9 Å². The summed E-state index contributed by atoms with van der Waals surface area (Å²) in [6.07, 6.45) is 2.21. The molecule has 10 nitrogen and oxygen atoms in total. The molecule has 1 amide bonds. The molecule has 1 aromatic carbocycles. The summed E-state index contributed by atoms with van der Waals surface area (Å²) in [6.45, 7) is 5.31. The fourth-order valence-electron chi connectivity index (χ4n) is 4.47. The highest BCUT2D eigenvalue weighted by Crippen LogP contribution is 2.28. The quantitative estimate of drug-likeness (QED) is 0.563. The van der Waals surface area contributed by atoms with Crippen LogP contribution in [0, 0.1) is 5.82 Å². The number of hydrogen-bond acceptors (Lipinski definition) is 6. The number of benzene rings is 1. The molecular formula is C25H27FN4O6. The number of hydrogen-bond donors (Lipinski definition) is 2. The highest BCUT2D eigenvalue weighted by Gasteiger charge is 2.29. The van der Waals surface area contributed by atoms with Gasteiger partial charge in [-0.3, -0.25) is 9.36 Å². The van der Waals surface area contributed by atoms with Gasteiger partial charge in [0.15, 0.2) is 5.65 Å². The molecule has 2 aromatic heterocycles. The Morgan fingerprint density at radius 1 is 1.14 bits per heavy atom. The fourth-order valence-corrected chi connectivity index (χ4v) is 4.47. The number of ether oxygens (including phenoxy) is 1. The zero-order chi connectivity index (χ0) is 26.2. The van der Waals surface area contributed by atoms with Crippen molar-refractivity contribution in [2.75, 3.05) is 0 Å². The molecule has 2 N–H and O–H groups in total. The van der Waals surface area contributed by atoms with Gasteiger partial charge in [0.05, 0.1) is 22.8 Å². The van der Waals surface area contributed by atoms with Crippen molar-refractivity contribution in [3.05, 3.63) is 68.7 Å². The minimum atomic E-state index is -1.18. The maximum Gasteiger partial charge on any atom is 0.407 e. The number of amides is 1. The number of rotatable bonds is 4. The van der Waals surface area contributed by atoms with Gasteiger partial charge in [-0.1, -0.05) is 6.07 Å². The van der Waals surface area contributed by atoms with Crippen molar-refractivity contribution in [2.24, 2.45) is 0 Å². The molecular weight excluding hydrogens is 471 g/mol. The molecule has 0 unspecified atom stereocenters. The van der Waals surface area contributed by atoms with Gasteiger partial charge < -0.3 is 15.2 Å². The molecule has 1 fully saturated rings. The molecule has 1 aliphatic carbocycles. The lowest BCUT2D eigenvalue weighted by atomic mass is 9.91. The van der Waals surface area contributed by atoms with Gasteiger partial charge in [-0.25, -0.2) is 28.3 Å². The van der Waals surface area contributed by atoms with Crippen molar-refractivity contribution in [1.82, 2.24) is 19.4 Å². The Morgan fingerprint density at radius 2 is 1.83 bits per heavy atom. The van der Waals surface area contributed by atoms with E-state index in [2.05, 4.69) is 10.3 Å². The van der Waals surface area contributed by atoms with Gasteiger partial charge >= 0.3 is 17.8 Å². The van der Waals surface area contributed by atoms with Gasteiger partial charge in [-0.05, 0) is 70.7 Å². The molecule has 1 aliphatic rings. The molecule has 0 saturated heterocycles. The minimum absolute atomic E-state index is 0.0545. The van der Waals surface area contributed by atoms with E-state index < -0.39 is 40.8 Å². The predicted octanol–water partition coefficient (Wildman–Crippen LogP) is 3.39. The molecule has 0 bridgehead atoms. The van der Waals surface area contributed by atoms with Crippen molar-refractivity contribution >= 4 is 23.1 Å². The standard InChI is InChI=1S/C25H27FN4O6/c1-25(2,3)36-23(34)28-16-7-9-17(10-8-16)30-21(31)19-12-15(26)13-27-20(19)29(24(30)35)18-6-4-5-14(11-18)22(32)33/h4-6,11-13,16-17H,7-10H2,1-3H3,(H,28,34)(H,32,33)/t16-,17+. The summed E-state index contributed by atoms with van der Waals surface area (Å²) >= 11 is 0. The summed E-state index contributed by atoms with van der Waals surface area (Å²) < 4.78 is 21.6. The average molecular weight is 499 g/mol. The van der Waals surface area contributed by atoms with Crippen LogP contribution in [0.2, 0.25) is 0 Å². The fraction of sp³-hybridized carbons (Fsp3) is 0.400. The number of alkyl carbamates (subject to hydrolysis) is 1. The second-order valence-electron chi connectivity index (χ2n) is 9.83. The Morgan fingerprint density at radius 3 is 2.47 bits per heavy atom. The molecule has 4 rings (SSSR count). The van der Waals surface area contributed by atoms with Crippen molar-refractivity contribution in [2.45, 2.75) is 64.1 Å². The van der Waals surface area contributed by atoms with Crippen LogP contribution in [0.4, 0.5) is 9.18 Å². The first kappa shape index (κ1) is 25.1. The van der Waals surface area contributed by atoms with Crippen LogP contribution in [-0.2, 0) is 4.74 Å². The lowest BCUT2D eigenvalue weighted by Gasteiger charge is -2.31. The molecule has 0 spiro atoms. The second kappa shape index (κ2) is 9.56. The summed E-state index contributed by atoms with van der Waals surface area (Å²) in [7, 11) is 0. The lowest BCUT2D eigenvalue weighted by molar-refractivity contribution is 0.0487. The Hall–Kier alpha value is -4.02. The molecule has 0 aliphatic heterocycles. The van der Waals surface area contributed by atoms with E-state index >= 15 is 0 Å². The highest BCUT2D eigenvalue weighted by molar-refractivity contribution is 5.88. The monoisotopic (exact) mass is 498 g/mol. The maximum atomic E-state index is 14.1. The number of carbonyl (C=O) groups is 2. The molecule has 3 aromatic rings. The number of nitrogens with zero attached hydrogens (tertiary/aromatic N) is 3. The van der Waals surface area contributed by atoms with Crippen molar-refractivity contribution < 1.29 is 23.8 Å².